The molecule has 3 rings (SSSR count). The van der Waals surface area contributed by atoms with Crippen molar-refractivity contribution in [1.29, 1.82) is 0 Å². The Kier molecular flexibility index (Phi) is 4.29. The van der Waals surface area contributed by atoms with Crippen molar-refractivity contribution >= 4 is 37.5 Å². The number of halogens is 2. The number of phenols is 2. The van der Waals surface area contributed by atoms with E-state index >= 15 is 0 Å². The van der Waals surface area contributed by atoms with Crippen molar-refractivity contribution in [1.82, 2.24) is 4.98 Å². The summed E-state index contributed by atoms with van der Waals surface area (Å²) in [6, 6.07) is 7.40. The van der Waals surface area contributed by atoms with Gasteiger partial charge in [0, 0.05) is 17.7 Å². The van der Waals surface area contributed by atoms with Crippen LogP contribution in [0, 0.1) is 10.1 Å². The van der Waals surface area contributed by atoms with E-state index in [0.717, 1.165) is 0 Å². The van der Waals surface area contributed by atoms with Gasteiger partial charge in [-0.1, -0.05) is 0 Å². The van der Waals surface area contributed by atoms with E-state index in [4.69, 9.17) is 4.42 Å². The number of aromatic nitrogens is 1. The van der Waals surface area contributed by atoms with Crippen LogP contribution in [0.15, 0.2) is 49.9 Å². The van der Waals surface area contributed by atoms with Crippen LogP contribution in [0.4, 0.5) is 5.69 Å². The van der Waals surface area contributed by atoms with Crippen LogP contribution in [0.2, 0.25) is 0 Å². The van der Waals surface area contributed by atoms with Gasteiger partial charge in [0.2, 0.25) is 5.89 Å². The lowest BCUT2D eigenvalue weighted by Crippen LogP contribution is -1.86. The minimum atomic E-state index is -0.483. The molecule has 2 aromatic carbocycles. The van der Waals surface area contributed by atoms with E-state index in [0.29, 0.717) is 16.9 Å². The topological polar surface area (TPSA) is 110 Å². The average molecular weight is 456 g/mol. The summed E-state index contributed by atoms with van der Waals surface area (Å²) in [5, 5.41) is 30.2. The van der Waals surface area contributed by atoms with E-state index in [1.54, 1.807) is 18.2 Å². The van der Waals surface area contributed by atoms with Crippen LogP contribution in [0.25, 0.3) is 22.8 Å². The molecule has 0 aliphatic heterocycles. The fourth-order valence-electron chi connectivity index (χ4n) is 2.04. The van der Waals surface area contributed by atoms with Crippen molar-refractivity contribution in [2.45, 2.75) is 0 Å². The summed E-state index contributed by atoms with van der Waals surface area (Å²) in [4.78, 5) is 14.3. The summed E-state index contributed by atoms with van der Waals surface area (Å²) in [5.41, 5.74) is 1.04. The highest BCUT2D eigenvalue weighted by atomic mass is 79.9. The van der Waals surface area contributed by atoms with Gasteiger partial charge in [0.15, 0.2) is 17.3 Å². The van der Waals surface area contributed by atoms with Gasteiger partial charge in [-0.2, -0.15) is 0 Å². The highest BCUT2D eigenvalue weighted by molar-refractivity contribution is 9.11. The Bertz CT molecular complexity index is 938. The zero-order valence-corrected chi connectivity index (χ0v) is 14.9. The quantitative estimate of drug-likeness (QED) is 0.331. The summed E-state index contributed by atoms with van der Waals surface area (Å²) < 4.78 is 6.18. The maximum Gasteiger partial charge on any atom is 0.269 e. The van der Waals surface area contributed by atoms with Gasteiger partial charge in [-0.15, -0.1) is 0 Å². The number of phenolic OH excluding ortho intramolecular Hbond substituents is 2. The molecule has 0 aliphatic rings. The van der Waals surface area contributed by atoms with Crippen molar-refractivity contribution in [3.8, 4) is 34.3 Å². The van der Waals surface area contributed by atoms with E-state index < -0.39 is 4.92 Å². The van der Waals surface area contributed by atoms with Crippen LogP contribution < -0.4 is 0 Å². The second-order valence-corrected chi connectivity index (χ2v) is 6.40. The van der Waals surface area contributed by atoms with Crippen LogP contribution in [-0.2, 0) is 0 Å². The predicted molar refractivity (Wildman–Crippen MR) is 92.8 cm³/mol. The minimum Gasteiger partial charge on any atom is -0.503 e. The zero-order valence-electron chi connectivity index (χ0n) is 11.7. The summed E-state index contributed by atoms with van der Waals surface area (Å²) in [6.45, 7) is 0. The van der Waals surface area contributed by atoms with Gasteiger partial charge in [-0.25, -0.2) is 4.98 Å². The Morgan fingerprint density at radius 1 is 1.12 bits per heavy atom. The average Bonchev–Trinajstić information content (AvgIpc) is 3.06. The number of rotatable bonds is 3. The van der Waals surface area contributed by atoms with Gasteiger partial charge in [-0.3, -0.25) is 10.1 Å². The Morgan fingerprint density at radius 2 is 1.79 bits per heavy atom. The molecule has 0 unspecified atom stereocenters. The summed E-state index contributed by atoms with van der Waals surface area (Å²) in [5.74, 6) is -0.0102. The van der Waals surface area contributed by atoms with E-state index in [1.807, 2.05) is 0 Å². The third-order valence-electron chi connectivity index (χ3n) is 3.26. The predicted octanol–water partition coefficient (Wildman–Crippen LogP) is 4.85. The third-order valence-corrected chi connectivity index (χ3v) is 4.67. The summed E-state index contributed by atoms with van der Waals surface area (Å²) in [7, 11) is 0. The van der Waals surface area contributed by atoms with Crippen LogP contribution in [0.1, 0.15) is 0 Å². The molecule has 0 atom stereocenters. The molecule has 0 fully saturated rings. The molecule has 24 heavy (non-hydrogen) atoms. The standard InChI is InChI=1S/C15H8Br2N2O5/c16-10-5-9(12(17)14(21)13(10)20)15-18-6-11(24-15)7-1-3-8(4-2-7)19(22)23/h1-6,20-21H. The number of non-ortho nitro benzene ring substituents is 1. The van der Waals surface area contributed by atoms with Crippen molar-refractivity contribution in [2.75, 3.05) is 0 Å². The van der Waals surface area contributed by atoms with Crippen LogP contribution in [-0.4, -0.2) is 20.1 Å². The van der Waals surface area contributed by atoms with E-state index in [9.17, 15) is 20.3 Å². The van der Waals surface area contributed by atoms with Gasteiger partial charge in [-0.05, 0) is 50.1 Å². The molecule has 0 saturated carbocycles. The first-order valence-corrected chi connectivity index (χ1v) is 8.08. The van der Waals surface area contributed by atoms with Crippen LogP contribution in [0.5, 0.6) is 11.5 Å². The zero-order chi connectivity index (χ0) is 17.4. The largest absolute Gasteiger partial charge is 0.503 e. The highest BCUT2D eigenvalue weighted by Crippen LogP contribution is 2.45. The molecule has 122 valence electrons. The lowest BCUT2D eigenvalue weighted by atomic mass is 10.2. The molecule has 0 spiro atoms. The molecule has 0 saturated heterocycles. The van der Waals surface area contributed by atoms with Gasteiger partial charge >= 0.3 is 0 Å². The molecule has 0 aliphatic carbocycles. The maximum absolute atomic E-state index is 10.7. The van der Waals surface area contributed by atoms with Gasteiger partial charge in [0.05, 0.1) is 25.6 Å². The normalized spacial score (nSPS) is 10.8. The SMILES string of the molecule is O=[N+]([O-])c1ccc(-c2cnc(-c3cc(Br)c(O)c(O)c3Br)o2)cc1. The van der Waals surface area contributed by atoms with Crippen LogP contribution >= 0.6 is 31.9 Å². The first-order chi connectivity index (χ1) is 11.4. The monoisotopic (exact) mass is 454 g/mol. The van der Waals surface area contributed by atoms with Crippen LogP contribution in [0.3, 0.4) is 0 Å². The summed E-state index contributed by atoms with van der Waals surface area (Å²) >= 11 is 6.32. The molecular weight excluding hydrogens is 448 g/mol. The second kappa shape index (κ2) is 6.25. The lowest BCUT2D eigenvalue weighted by molar-refractivity contribution is -0.384. The number of hydrogen-bond acceptors (Lipinski definition) is 6. The number of nitro benzene ring substituents is 1. The summed E-state index contributed by atoms with van der Waals surface area (Å²) in [6.07, 6.45) is 1.47. The number of nitrogens with zero attached hydrogens (tertiary/aromatic N) is 2. The fourth-order valence-corrected chi connectivity index (χ4v) is 2.93. The highest BCUT2D eigenvalue weighted by Gasteiger charge is 2.19. The molecule has 1 heterocycles. The Hall–Kier alpha value is -2.39. The third kappa shape index (κ3) is 2.87. The minimum absolute atomic E-state index is 0.0198. The van der Waals surface area contributed by atoms with E-state index in [1.165, 1.54) is 18.3 Å². The first kappa shape index (κ1) is 16.5. The van der Waals surface area contributed by atoms with E-state index in [2.05, 4.69) is 36.8 Å². The Balaban J connectivity index is 2.01. The number of aromatic hydroxyl groups is 2. The molecule has 1 aromatic heterocycles. The molecule has 9 heteroatoms. The van der Waals surface area contributed by atoms with Crippen molar-refractivity contribution in [3.05, 3.63) is 55.6 Å². The number of hydrogen-bond donors (Lipinski definition) is 2. The van der Waals surface area contributed by atoms with Gasteiger partial charge < -0.3 is 14.6 Å². The number of benzene rings is 2. The number of oxazole rings is 1. The first-order valence-electron chi connectivity index (χ1n) is 6.49. The molecule has 2 N–H and O–H groups in total. The van der Waals surface area contributed by atoms with Crippen molar-refractivity contribution in [2.24, 2.45) is 0 Å². The van der Waals surface area contributed by atoms with Crippen molar-refractivity contribution in [3.63, 3.8) is 0 Å². The molecule has 0 radical (unpaired) electrons. The maximum atomic E-state index is 10.7. The smallest absolute Gasteiger partial charge is 0.269 e. The molecular formula is C15H8Br2N2O5. The Labute approximate surface area is 152 Å². The van der Waals surface area contributed by atoms with Gasteiger partial charge in [0.1, 0.15) is 0 Å². The number of nitro groups is 1. The second-order valence-electron chi connectivity index (χ2n) is 4.75. The Morgan fingerprint density at radius 3 is 2.42 bits per heavy atom. The molecule has 0 bridgehead atoms. The van der Waals surface area contributed by atoms with Crippen molar-refractivity contribution < 1.29 is 19.6 Å². The van der Waals surface area contributed by atoms with E-state index in [-0.39, 0.29) is 32.0 Å². The lowest BCUT2D eigenvalue weighted by Gasteiger charge is -2.07. The fraction of sp³-hybridized carbons (Fsp3) is 0. The molecule has 7 nitrogen and oxygen atoms in total. The molecule has 0 amide bonds. The molecule has 3 aromatic rings. The van der Waals surface area contributed by atoms with Gasteiger partial charge in [0.25, 0.3) is 5.69 Å².